The van der Waals surface area contributed by atoms with Gasteiger partial charge in [0.1, 0.15) is 36.6 Å². The molecule has 3 N–H and O–H groups in total. The monoisotopic (exact) mass is 534 g/mol. The van der Waals surface area contributed by atoms with Crippen LogP contribution in [0, 0.1) is 13.8 Å². The van der Waals surface area contributed by atoms with E-state index in [-0.39, 0.29) is 25.0 Å². The van der Waals surface area contributed by atoms with E-state index in [1.54, 1.807) is 0 Å². The number of carboxylic acid groups (broad SMARTS) is 1. The van der Waals surface area contributed by atoms with Crippen LogP contribution in [0.5, 0.6) is 17.2 Å². The second-order valence-electron chi connectivity index (χ2n) is 10.4. The summed E-state index contributed by atoms with van der Waals surface area (Å²) < 4.78 is 23.3. The number of ether oxygens (including phenoxy) is 4. The number of rotatable bonds is 9. The maximum atomic E-state index is 11.1. The Balaban J connectivity index is 1.23. The molecule has 8 heteroatoms. The van der Waals surface area contributed by atoms with Crippen molar-refractivity contribution in [2.75, 3.05) is 19.8 Å². The normalized spacial score (nSPS) is 22.2. The lowest BCUT2D eigenvalue weighted by atomic mass is 9.94. The van der Waals surface area contributed by atoms with Gasteiger partial charge in [0.05, 0.1) is 31.8 Å². The first-order valence-corrected chi connectivity index (χ1v) is 13.2. The zero-order valence-electron chi connectivity index (χ0n) is 22.1. The molecule has 5 rings (SSSR count). The Morgan fingerprint density at radius 1 is 0.949 bits per heavy atom. The van der Waals surface area contributed by atoms with Gasteiger partial charge >= 0.3 is 5.97 Å². The average Bonchev–Trinajstić information content (AvgIpc) is 3.29. The lowest BCUT2D eigenvalue weighted by molar-refractivity contribution is -0.137. The third-order valence-electron chi connectivity index (χ3n) is 7.30. The molecule has 0 radical (unpaired) electrons. The summed E-state index contributed by atoms with van der Waals surface area (Å²) >= 11 is 0. The number of carbonyl (C=O) groups is 1. The van der Waals surface area contributed by atoms with Crippen molar-refractivity contribution >= 4 is 5.97 Å². The molecule has 0 aliphatic carbocycles. The van der Waals surface area contributed by atoms with Gasteiger partial charge < -0.3 is 34.3 Å². The predicted octanol–water partition coefficient (Wildman–Crippen LogP) is 4.39. The molecule has 8 nitrogen and oxygen atoms in total. The van der Waals surface area contributed by atoms with E-state index in [2.05, 4.69) is 26.0 Å². The summed E-state index contributed by atoms with van der Waals surface area (Å²) in [7, 11) is 0. The predicted molar refractivity (Wildman–Crippen MR) is 144 cm³/mol. The summed E-state index contributed by atoms with van der Waals surface area (Å²) in [6.07, 6.45) is -1.50. The molecule has 0 amide bonds. The molecular weight excluding hydrogens is 500 g/mol. The molecule has 1 saturated heterocycles. The summed E-state index contributed by atoms with van der Waals surface area (Å²) in [5, 5.41) is 28.6. The van der Waals surface area contributed by atoms with Gasteiger partial charge in [0, 0.05) is 24.0 Å². The number of benzene rings is 3. The van der Waals surface area contributed by atoms with Gasteiger partial charge in [-0.2, -0.15) is 0 Å². The number of aryl methyl sites for hydroxylation is 2. The van der Waals surface area contributed by atoms with Crippen molar-refractivity contribution in [3.8, 4) is 28.4 Å². The molecule has 39 heavy (non-hydrogen) atoms. The quantitative estimate of drug-likeness (QED) is 0.370. The summed E-state index contributed by atoms with van der Waals surface area (Å²) in [6.45, 7) is 5.28. The van der Waals surface area contributed by atoms with Crippen LogP contribution in [-0.2, 0) is 16.1 Å². The fraction of sp³-hybridized carbons (Fsp3) is 0.387. The van der Waals surface area contributed by atoms with E-state index in [1.165, 1.54) is 0 Å². The topological polar surface area (TPSA) is 115 Å². The fourth-order valence-corrected chi connectivity index (χ4v) is 5.32. The lowest BCUT2D eigenvalue weighted by Gasteiger charge is -2.30. The van der Waals surface area contributed by atoms with Crippen LogP contribution in [0.3, 0.4) is 0 Å². The first-order valence-electron chi connectivity index (χ1n) is 13.2. The van der Waals surface area contributed by atoms with Gasteiger partial charge in [-0.05, 0) is 65.9 Å². The van der Waals surface area contributed by atoms with Crippen molar-refractivity contribution in [3.63, 3.8) is 0 Å². The first-order chi connectivity index (χ1) is 18.8. The van der Waals surface area contributed by atoms with Crippen molar-refractivity contribution in [2.24, 2.45) is 0 Å². The Kier molecular flexibility index (Phi) is 8.07. The highest BCUT2D eigenvalue weighted by Crippen LogP contribution is 2.38. The molecule has 3 aromatic carbocycles. The minimum absolute atomic E-state index is 0.0516. The van der Waals surface area contributed by atoms with Gasteiger partial charge in [-0.15, -0.1) is 0 Å². The number of hydrogen-bond acceptors (Lipinski definition) is 7. The van der Waals surface area contributed by atoms with E-state index in [4.69, 9.17) is 24.1 Å². The molecule has 2 heterocycles. The van der Waals surface area contributed by atoms with Gasteiger partial charge in [0.25, 0.3) is 0 Å². The number of fused-ring (bicyclic) bond motifs is 1. The Hall–Kier alpha value is -3.59. The van der Waals surface area contributed by atoms with Crippen molar-refractivity contribution in [2.45, 2.75) is 57.5 Å². The highest BCUT2D eigenvalue weighted by molar-refractivity contribution is 5.72. The van der Waals surface area contributed by atoms with Crippen LogP contribution < -0.4 is 14.2 Å². The first kappa shape index (κ1) is 27.0. The summed E-state index contributed by atoms with van der Waals surface area (Å²) in [4.78, 5) is 11.1. The van der Waals surface area contributed by atoms with E-state index >= 15 is 0 Å². The van der Waals surface area contributed by atoms with Gasteiger partial charge in [0.2, 0.25) is 0 Å². The minimum Gasteiger partial charge on any atom is -0.492 e. The van der Waals surface area contributed by atoms with Crippen LogP contribution in [0.1, 0.15) is 41.0 Å². The van der Waals surface area contributed by atoms with Crippen molar-refractivity contribution in [1.29, 1.82) is 0 Å². The molecule has 2 aliphatic heterocycles. The lowest BCUT2D eigenvalue weighted by Crippen LogP contribution is -2.43. The molecule has 0 aromatic heterocycles. The summed E-state index contributed by atoms with van der Waals surface area (Å²) in [5.41, 5.74) is 6.30. The number of aliphatic hydroxyl groups is 2. The van der Waals surface area contributed by atoms with Crippen LogP contribution in [-0.4, -0.2) is 59.4 Å². The van der Waals surface area contributed by atoms with Gasteiger partial charge in [-0.1, -0.05) is 24.3 Å². The van der Waals surface area contributed by atoms with E-state index in [0.29, 0.717) is 37.7 Å². The smallest absolute Gasteiger partial charge is 0.304 e. The fourth-order valence-electron chi connectivity index (χ4n) is 5.32. The number of aliphatic carboxylic acids is 1. The Bertz CT molecular complexity index is 1310. The largest absolute Gasteiger partial charge is 0.492 e. The molecule has 1 unspecified atom stereocenters. The average molecular weight is 535 g/mol. The van der Waals surface area contributed by atoms with Crippen LogP contribution in [0.4, 0.5) is 0 Å². The van der Waals surface area contributed by atoms with Crippen molar-refractivity contribution in [3.05, 3.63) is 76.9 Å². The van der Waals surface area contributed by atoms with E-state index in [1.807, 2.05) is 42.5 Å². The Morgan fingerprint density at radius 2 is 1.74 bits per heavy atom. The van der Waals surface area contributed by atoms with Crippen LogP contribution in [0.15, 0.2) is 54.6 Å². The minimum atomic E-state index is -0.841. The van der Waals surface area contributed by atoms with Gasteiger partial charge in [-0.25, -0.2) is 0 Å². The molecular formula is C31H34O8. The molecule has 4 atom stereocenters. The zero-order chi connectivity index (χ0) is 27.5. The molecule has 0 saturated carbocycles. The second kappa shape index (κ2) is 11.7. The molecule has 2 aliphatic rings. The molecule has 3 aromatic rings. The standard InChI is InChI=1S/C31H34O8/c1-18-8-24(37-16-25-12-27(32)28(33)17-38-25)9-19(2)31(18)21-5-3-4-20(10-21)14-36-23-6-7-26-22(11-30(34)35)15-39-29(26)13-23/h3-10,13,22,25,27-28,32-33H,11-12,14-17H2,1-2H3,(H,34,35)/t22?,25-,27+,28-/m1/s1. The molecule has 0 spiro atoms. The number of aliphatic hydroxyl groups excluding tert-OH is 2. The SMILES string of the molecule is Cc1cc(OC[C@H]2C[C@H](O)[C@H](O)CO2)cc(C)c1-c1cccc(COc2ccc3c(c2)OCC3CC(=O)O)c1. The van der Waals surface area contributed by atoms with Gasteiger partial charge in [0.15, 0.2) is 0 Å². The molecule has 1 fully saturated rings. The third-order valence-corrected chi connectivity index (χ3v) is 7.30. The second-order valence-corrected chi connectivity index (χ2v) is 10.4. The van der Waals surface area contributed by atoms with E-state index in [9.17, 15) is 15.0 Å². The number of carboxylic acids is 1. The molecule has 206 valence electrons. The Labute approximate surface area is 227 Å². The van der Waals surface area contributed by atoms with Crippen LogP contribution >= 0.6 is 0 Å². The number of hydrogen-bond donors (Lipinski definition) is 3. The molecule has 0 bridgehead atoms. The van der Waals surface area contributed by atoms with E-state index < -0.39 is 18.2 Å². The van der Waals surface area contributed by atoms with Gasteiger partial charge in [-0.3, -0.25) is 4.79 Å². The van der Waals surface area contributed by atoms with Crippen LogP contribution in [0.2, 0.25) is 0 Å². The highest BCUT2D eigenvalue weighted by Gasteiger charge is 2.29. The maximum Gasteiger partial charge on any atom is 0.304 e. The highest BCUT2D eigenvalue weighted by atomic mass is 16.5. The van der Waals surface area contributed by atoms with Crippen molar-refractivity contribution in [1.82, 2.24) is 0 Å². The van der Waals surface area contributed by atoms with Crippen LogP contribution in [0.25, 0.3) is 11.1 Å². The van der Waals surface area contributed by atoms with Crippen molar-refractivity contribution < 1.29 is 39.1 Å². The zero-order valence-corrected chi connectivity index (χ0v) is 22.1. The maximum absolute atomic E-state index is 11.1. The third kappa shape index (κ3) is 6.36. The summed E-state index contributed by atoms with van der Waals surface area (Å²) in [5.74, 6) is 1.13. The van der Waals surface area contributed by atoms with E-state index in [0.717, 1.165) is 39.1 Å². The Morgan fingerprint density at radius 3 is 2.49 bits per heavy atom. The summed E-state index contributed by atoms with van der Waals surface area (Å²) in [6, 6.07) is 17.8.